The molecule has 4 fully saturated rings. The quantitative estimate of drug-likeness (QED) is 0.198. The lowest BCUT2D eigenvalue weighted by Crippen LogP contribution is -2.64. The van der Waals surface area contributed by atoms with E-state index in [2.05, 4.69) is 47.6 Å². The third-order valence-electron chi connectivity index (χ3n) is 14.5. The summed E-state index contributed by atoms with van der Waals surface area (Å²) in [6.07, 6.45) is 0.736. The van der Waals surface area contributed by atoms with Crippen molar-refractivity contribution in [1.82, 2.24) is 0 Å². The number of hydrogen-bond donors (Lipinski definition) is 7. The van der Waals surface area contributed by atoms with E-state index in [-0.39, 0.29) is 39.6 Å². The molecular weight excluding hydrogens is 576 g/mol. The van der Waals surface area contributed by atoms with Crippen molar-refractivity contribution in [2.24, 2.45) is 45.3 Å². The molecule has 0 amide bonds. The van der Waals surface area contributed by atoms with Crippen LogP contribution in [-0.4, -0.2) is 97.0 Å². The number of aliphatic hydroxyl groups excluding tert-OH is 6. The van der Waals surface area contributed by atoms with E-state index < -0.39 is 55.1 Å². The lowest BCUT2D eigenvalue weighted by Gasteiger charge is -2.67. The molecule has 0 radical (unpaired) electrons. The van der Waals surface area contributed by atoms with Gasteiger partial charge in [0.05, 0.1) is 30.5 Å². The van der Waals surface area contributed by atoms with Gasteiger partial charge in [-0.25, -0.2) is 0 Å². The first-order valence-electron chi connectivity index (χ1n) is 17.5. The lowest BCUT2D eigenvalue weighted by molar-refractivity contribution is -0.322. The van der Waals surface area contributed by atoms with Crippen LogP contribution in [0.1, 0.15) is 107 Å². The number of aliphatic hydroxyl groups is 7. The third-order valence-corrected chi connectivity index (χ3v) is 14.5. The molecule has 0 aromatic heterocycles. The summed E-state index contributed by atoms with van der Waals surface area (Å²) < 4.78 is 11.7. The molecule has 9 heteroatoms. The van der Waals surface area contributed by atoms with Gasteiger partial charge in [0.25, 0.3) is 0 Å². The van der Waals surface area contributed by atoms with Gasteiger partial charge in [-0.3, -0.25) is 0 Å². The smallest absolute Gasteiger partial charge is 0.187 e. The van der Waals surface area contributed by atoms with Crippen molar-refractivity contribution in [3.05, 3.63) is 11.6 Å². The molecule has 0 aromatic rings. The van der Waals surface area contributed by atoms with E-state index in [4.69, 9.17) is 9.47 Å². The van der Waals surface area contributed by atoms with Crippen LogP contribution in [0.4, 0.5) is 0 Å². The highest BCUT2D eigenvalue weighted by molar-refractivity contribution is 5.31. The highest BCUT2D eigenvalue weighted by atomic mass is 16.7. The van der Waals surface area contributed by atoms with Crippen molar-refractivity contribution < 1.29 is 45.2 Å². The maximum absolute atomic E-state index is 12.1. The zero-order valence-corrected chi connectivity index (χ0v) is 28.8. The Labute approximate surface area is 270 Å². The molecule has 3 unspecified atom stereocenters. The van der Waals surface area contributed by atoms with Crippen molar-refractivity contribution in [2.45, 2.75) is 161 Å². The Hall–Kier alpha value is -0.620. The number of allylic oxidation sites excluding steroid dienone is 1. The zero-order chi connectivity index (χ0) is 33.5. The average Bonchev–Trinajstić information content (AvgIpc) is 3.22. The van der Waals surface area contributed by atoms with Gasteiger partial charge < -0.3 is 45.2 Å². The predicted octanol–water partition coefficient (Wildman–Crippen LogP) is 3.30. The molecule has 15 atom stereocenters. The van der Waals surface area contributed by atoms with Crippen LogP contribution in [0.3, 0.4) is 0 Å². The third kappa shape index (κ3) is 5.48. The summed E-state index contributed by atoms with van der Waals surface area (Å²) in [4.78, 5) is 0. The van der Waals surface area contributed by atoms with Crippen LogP contribution in [0.5, 0.6) is 0 Å². The van der Waals surface area contributed by atoms with E-state index in [1.807, 2.05) is 0 Å². The molecule has 0 spiro atoms. The predicted molar refractivity (Wildman–Crippen MR) is 170 cm³/mol. The topological polar surface area (TPSA) is 160 Å². The molecule has 3 saturated carbocycles. The second-order valence-corrected chi connectivity index (χ2v) is 17.4. The standard InChI is InChI=1S/C36H62O9/c1-19(9-14-27(33(4,5)43)45-31-30(42)29(41)28(40)23(18-37)44-31)20-15-16-34(6)24-12-10-21-22(11-13-25(38)32(21,2)3)36(24,8)26(39)17-35(20,34)7/h10,19-20,22-31,37-43H,9,11-18H2,1-8H3/t19-,20?,22?,23-,24?,25+,26-,27-,28-,29+,30-,31+,34+,35-,36+/m1/s1. The summed E-state index contributed by atoms with van der Waals surface area (Å²) >= 11 is 0. The summed E-state index contributed by atoms with van der Waals surface area (Å²) in [5.41, 5.74) is -0.481. The minimum Gasteiger partial charge on any atom is -0.394 e. The largest absolute Gasteiger partial charge is 0.394 e. The van der Waals surface area contributed by atoms with Crippen molar-refractivity contribution in [3.8, 4) is 0 Å². The zero-order valence-electron chi connectivity index (χ0n) is 28.8. The maximum atomic E-state index is 12.1. The van der Waals surface area contributed by atoms with Gasteiger partial charge in [0.15, 0.2) is 6.29 Å². The Morgan fingerprint density at radius 3 is 2.20 bits per heavy atom. The highest BCUT2D eigenvalue weighted by Crippen LogP contribution is 2.75. The summed E-state index contributed by atoms with van der Waals surface area (Å²) in [5.74, 6) is 1.26. The van der Waals surface area contributed by atoms with Crippen LogP contribution in [0, 0.1) is 45.3 Å². The first kappa shape index (κ1) is 35.7. The molecule has 0 bridgehead atoms. The second-order valence-electron chi connectivity index (χ2n) is 17.4. The molecule has 5 aliphatic rings. The molecule has 1 heterocycles. The van der Waals surface area contributed by atoms with E-state index in [0.29, 0.717) is 18.3 Å². The van der Waals surface area contributed by atoms with Crippen molar-refractivity contribution in [3.63, 3.8) is 0 Å². The van der Waals surface area contributed by atoms with Crippen LogP contribution in [-0.2, 0) is 9.47 Å². The Balaban J connectivity index is 1.33. The van der Waals surface area contributed by atoms with Crippen molar-refractivity contribution in [2.75, 3.05) is 6.61 Å². The Morgan fingerprint density at radius 1 is 0.911 bits per heavy atom. The summed E-state index contributed by atoms with van der Waals surface area (Å²) in [6.45, 7) is 16.5. The monoisotopic (exact) mass is 638 g/mol. The van der Waals surface area contributed by atoms with E-state index in [0.717, 1.165) is 44.9 Å². The summed E-state index contributed by atoms with van der Waals surface area (Å²) in [5, 5.41) is 74.7. The van der Waals surface area contributed by atoms with E-state index >= 15 is 0 Å². The summed E-state index contributed by atoms with van der Waals surface area (Å²) in [6, 6.07) is 0. The number of ether oxygens (including phenoxy) is 2. The van der Waals surface area contributed by atoms with Crippen LogP contribution in [0.15, 0.2) is 11.6 Å². The fraction of sp³-hybridized carbons (Fsp3) is 0.944. The Kier molecular flexibility index (Phi) is 9.56. The fourth-order valence-electron chi connectivity index (χ4n) is 11.2. The molecule has 9 nitrogen and oxygen atoms in total. The fourth-order valence-corrected chi connectivity index (χ4v) is 11.2. The average molecular weight is 639 g/mol. The van der Waals surface area contributed by atoms with Gasteiger partial charge in [-0.1, -0.05) is 53.2 Å². The van der Waals surface area contributed by atoms with Crippen LogP contribution in [0.2, 0.25) is 0 Å². The van der Waals surface area contributed by atoms with Gasteiger partial charge in [-0.15, -0.1) is 0 Å². The lowest BCUT2D eigenvalue weighted by atomic mass is 9.38. The van der Waals surface area contributed by atoms with E-state index in [9.17, 15) is 35.7 Å². The van der Waals surface area contributed by atoms with Crippen molar-refractivity contribution in [1.29, 1.82) is 0 Å². The van der Waals surface area contributed by atoms with Gasteiger partial charge in [0.1, 0.15) is 24.4 Å². The number of hydrogen-bond acceptors (Lipinski definition) is 9. The SMILES string of the molecule is C[C@H](CC[C@@H](O[C@@H]1O[C@H](CO)[C@@H](O)[C@H](O)[C@H]1O)C(C)(C)O)C1CC[C@@]2(C)C3CC=C4C(CC[C@H](O)C4(C)C)[C@]3(C)[C@H](O)C[C@]12C. The molecule has 4 aliphatic carbocycles. The molecule has 0 aromatic carbocycles. The van der Waals surface area contributed by atoms with Gasteiger partial charge in [0, 0.05) is 10.8 Å². The molecular formula is C36H62O9. The van der Waals surface area contributed by atoms with E-state index in [1.165, 1.54) is 5.57 Å². The van der Waals surface area contributed by atoms with Crippen LogP contribution < -0.4 is 0 Å². The number of rotatable bonds is 8. The maximum Gasteiger partial charge on any atom is 0.187 e. The van der Waals surface area contributed by atoms with Crippen LogP contribution >= 0.6 is 0 Å². The minimum atomic E-state index is -1.54. The van der Waals surface area contributed by atoms with Gasteiger partial charge >= 0.3 is 0 Å². The van der Waals surface area contributed by atoms with E-state index in [1.54, 1.807) is 13.8 Å². The number of fused-ring (bicyclic) bond motifs is 5. The second kappa shape index (κ2) is 12.1. The van der Waals surface area contributed by atoms with Crippen molar-refractivity contribution >= 4 is 0 Å². The Morgan fingerprint density at radius 2 is 1.58 bits per heavy atom. The minimum absolute atomic E-state index is 0.0463. The normalized spacial score (nSPS) is 49.4. The van der Waals surface area contributed by atoms with Crippen LogP contribution in [0.25, 0.3) is 0 Å². The first-order chi connectivity index (χ1) is 20.7. The molecule has 1 aliphatic heterocycles. The molecule has 5 rings (SSSR count). The molecule has 1 saturated heterocycles. The van der Waals surface area contributed by atoms with Gasteiger partial charge in [-0.2, -0.15) is 0 Å². The molecule has 45 heavy (non-hydrogen) atoms. The molecule has 7 N–H and O–H groups in total. The Bertz CT molecular complexity index is 1100. The van der Waals surface area contributed by atoms with Gasteiger partial charge in [-0.05, 0) is 99.7 Å². The molecule has 260 valence electrons. The highest BCUT2D eigenvalue weighted by Gasteiger charge is 2.70. The van der Waals surface area contributed by atoms with Gasteiger partial charge in [0.2, 0.25) is 0 Å². The summed E-state index contributed by atoms with van der Waals surface area (Å²) in [7, 11) is 0. The first-order valence-corrected chi connectivity index (χ1v) is 17.5.